The van der Waals surface area contributed by atoms with Crippen LogP contribution in [0, 0.1) is 0 Å². The zero-order chi connectivity index (χ0) is 11.8. The topological polar surface area (TPSA) is 73.9 Å². The van der Waals surface area contributed by atoms with E-state index >= 15 is 0 Å². The van der Waals surface area contributed by atoms with Crippen molar-refractivity contribution in [2.24, 2.45) is 0 Å². The molecule has 0 aliphatic heterocycles. The first-order valence-electron chi connectivity index (χ1n) is 5.02. The van der Waals surface area contributed by atoms with Gasteiger partial charge in [-0.15, -0.1) is 0 Å². The molecule has 5 nitrogen and oxygen atoms in total. The first-order valence-corrected chi connectivity index (χ1v) is 5.02. The van der Waals surface area contributed by atoms with Crippen LogP contribution in [0.4, 0.5) is 5.69 Å². The molecular weight excluding hydrogens is 210 g/mol. The minimum Gasteiger partial charge on any atom is -0.504 e. The number of nitrogens with two attached hydrogens (primary N) is 1. The molecule has 0 saturated carbocycles. The molecule has 0 unspecified atom stereocenters. The Morgan fingerprint density at radius 1 is 1.19 bits per heavy atom. The van der Waals surface area contributed by atoms with E-state index < -0.39 is 0 Å². The number of hydrogen-bond donors (Lipinski definition) is 2. The number of anilines is 1. The van der Waals surface area contributed by atoms with Gasteiger partial charge in [-0.05, 0) is 12.1 Å². The third kappa shape index (κ3) is 4.37. The van der Waals surface area contributed by atoms with E-state index in [1.807, 2.05) is 0 Å². The highest BCUT2D eigenvalue weighted by atomic mass is 16.5. The van der Waals surface area contributed by atoms with Crippen molar-refractivity contribution in [2.45, 2.75) is 0 Å². The van der Waals surface area contributed by atoms with Crippen LogP contribution >= 0.6 is 0 Å². The van der Waals surface area contributed by atoms with Gasteiger partial charge in [-0.1, -0.05) is 0 Å². The van der Waals surface area contributed by atoms with Crippen LogP contribution in [0.1, 0.15) is 0 Å². The van der Waals surface area contributed by atoms with Crippen molar-refractivity contribution in [3.8, 4) is 11.5 Å². The molecular formula is C11H17NO4. The van der Waals surface area contributed by atoms with Gasteiger partial charge in [0.05, 0.1) is 19.8 Å². The molecule has 0 spiro atoms. The van der Waals surface area contributed by atoms with Crippen LogP contribution in [0.2, 0.25) is 0 Å². The van der Waals surface area contributed by atoms with Gasteiger partial charge in [-0.2, -0.15) is 0 Å². The predicted octanol–water partition coefficient (Wildman–Crippen LogP) is 1.02. The molecule has 1 aromatic rings. The number of aromatic hydroxyl groups is 1. The second-order valence-corrected chi connectivity index (χ2v) is 3.18. The Morgan fingerprint density at radius 2 is 1.94 bits per heavy atom. The summed E-state index contributed by atoms with van der Waals surface area (Å²) in [5, 5.41) is 9.47. The molecule has 16 heavy (non-hydrogen) atoms. The molecule has 0 aliphatic carbocycles. The Labute approximate surface area is 94.7 Å². The number of nitrogen functional groups attached to an aromatic ring is 1. The molecule has 3 N–H and O–H groups in total. The van der Waals surface area contributed by atoms with Crippen molar-refractivity contribution in [1.82, 2.24) is 0 Å². The zero-order valence-corrected chi connectivity index (χ0v) is 9.31. The Bertz CT molecular complexity index is 317. The maximum Gasteiger partial charge on any atom is 0.161 e. The highest BCUT2D eigenvalue weighted by Crippen LogP contribution is 2.27. The highest BCUT2D eigenvalue weighted by Gasteiger charge is 2.01. The van der Waals surface area contributed by atoms with Gasteiger partial charge in [-0.3, -0.25) is 0 Å². The molecule has 1 aromatic carbocycles. The molecule has 0 aromatic heterocycles. The van der Waals surface area contributed by atoms with Gasteiger partial charge < -0.3 is 25.1 Å². The van der Waals surface area contributed by atoms with E-state index in [0.717, 1.165) is 0 Å². The van der Waals surface area contributed by atoms with Crippen molar-refractivity contribution in [1.29, 1.82) is 0 Å². The summed E-state index contributed by atoms with van der Waals surface area (Å²) in [6, 6.07) is 4.74. The number of methoxy groups -OCH3 is 1. The fourth-order valence-corrected chi connectivity index (χ4v) is 1.11. The predicted molar refractivity (Wildman–Crippen MR) is 60.7 cm³/mol. The summed E-state index contributed by atoms with van der Waals surface area (Å²) >= 11 is 0. The summed E-state index contributed by atoms with van der Waals surface area (Å²) < 4.78 is 15.3. The number of hydrogen-bond acceptors (Lipinski definition) is 5. The van der Waals surface area contributed by atoms with Gasteiger partial charge in [0.15, 0.2) is 11.5 Å². The molecule has 0 bridgehead atoms. The molecule has 0 aliphatic rings. The van der Waals surface area contributed by atoms with E-state index in [1.165, 1.54) is 6.07 Å². The summed E-state index contributed by atoms with van der Waals surface area (Å²) in [4.78, 5) is 0. The van der Waals surface area contributed by atoms with E-state index in [1.54, 1.807) is 19.2 Å². The average molecular weight is 227 g/mol. The Morgan fingerprint density at radius 3 is 2.62 bits per heavy atom. The Hall–Kier alpha value is -1.46. The molecule has 0 radical (unpaired) electrons. The second-order valence-electron chi connectivity index (χ2n) is 3.18. The second kappa shape index (κ2) is 6.92. The summed E-state index contributed by atoms with van der Waals surface area (Å²) in [5.41, 5.74) is 5.98. The van der Waals surface area contributed by atoms with E-state index in [2.05, 4.69) is 0 Å². The van der Waals surface area contributed by atoms with Crippen LogP contribution in [-0.4, -0.2) is 38.6 Å². The maximum atomic E-state index is 9.47. The first-order chi connectivity index (χ1) is 7.74. The van der Waals surface area contributed by atoms with Crippen molar-refractivity contribution in [3.05, 3.63) is 18.2 Å². The number of phenolic OH excluding ortho intramolecular Hbond substituents is 1. The Kier molecular flexibility index (Phi) is 5.45. The minimum absolute atomic E-state index is 0.0388. The van der Waals surface area contributed by atoms with Crippen LogP contribution in [0.25, 0.3) is 0 Å². The molecule has 0 fully saturated rings. The summed E-state index contributed by atoms with van der Waals surface area (Å²) in [7, 11) is 1.62. The Balaban J connectivity index is 2.21. The van der Waals surface area contributed by atoms with Gasteiger partial charge in [0.25, 0.3) is 0 Å². The quantitative estimate of drug-likeness (QED) is 0.537. The molecule has 0 heterocycles. The van der Waals surface area contributed by atoms with Gasteiger partial charge >= 0.3 is 0 Å². The lowest BCUT2D eigenvalue weighted by atomic mass is 10.3. The highest BCUT2D eigenvalue weighted by molar-refractivity contribution is 5.51. The molecule has 0 saturated heterocycles. The SMILES string of the molecule is COCCOCCOc1ccc(N)cc1O. The van der Waals surface area contributed by atoms with E-state index in [0.29, 0.717) is 37.9 Å². The zero-order valence-electron chi connectivity index (χ0n) is 9.31. The number of ether oxygens (including phenoxy) is 3. The molecule has 5 heteroatoms. The van der Waals surface area contributed by atoms with E-state index in [9.17, 15) is 5.11 Å². The standard InChI is InChI=1S/C11H17NO4/c1-14-4-5-15-6-7-16-11-3-2-9(12)8-10(11)13/h2-3,8,13H,4-7,12H2,1H3. The average Bonchev–Trinajstić information content (AvgIpc) is 2.26. The fourth-order valence-electron chi connectivity index (χ4n) is 1.11. The third-order valence-corrected chi connectivity index (χ3v) is 1.90. The van der Waals surface area contributed by atoms with Crippen molar-refractivity contribution in [2.75, 3.05) is 39.3 Å². The summed E-state index contributed by atoms with van der Waals surface area (Å²) in [5.74, 6) is 0.446. The largest absolute Gasteiger partial charge is 0.504 e. The maximum absolute atomic E-state index is 9.47. The van der Waals surface area contributed by atoms with Crippen molar-refractivity contribution < 1.29 is 19.3 Å². The van der Waals surface area contributed by atoms with E-state index in [4.69, 9.17) is 19.9 Å². The van der Waals surface area contributed by atoms with Crippen LogP contribution < -0.4 is 10.5 Å². The number of rotatable bonds is 7. The minimum atomic E-state index is 0.0388. The lowest BCUT2D eigenvalue weighted by Gasteiger charge is -2.08. The van der Waals surface area contributed by atoms with Gasteiger partial charge in [-0.25, -0.2) is 0 Å². The van der Waals surface area contributed by atoms with Crippen LogP contribution in [0.15, 0.2) is 18.2 Å². The van der Waals surface area contributed by atoms with Gasteiger partial charge in [0, 0.05) is 18.9 Å². The normalized spacial score (nSPS) is 10.3. The first kappa shape index (κ1) is 12.6. The smallest absolute Gasteiger partial charge is 0.161 e. The lowest BCUT2D eigenvalue weighted by molar-refractivity contribution is 0.0540. The lowest BCUT2D eigenvalue weighted by Crippen LogP contribution is -2.10. The van der Waals surface area contributed by atoms with Crippen LogP contribution in [-0.2, 0) is 9.47 Å². The molecule has 0 amide bonds. The molecule has 1 rings (SSSR count). The number of benzene rings is 1. The number of phenols is 1. The van der Waals surface area contributed by atoms with Crippen LogP contribution in [0.3, 0.4) is 0 Å². The molecule has 90 valence electrons. The van der Waals surface area contributed by atoms with E-state index in [-0.39, 0.29) is 5.75 Å². The van der Waals surface area contributed by atoms with Crippen molar-refractivity contribution in [3.63, 3.8) is 0 Å². The summed E-state index contributed by atoms with van der Waals surface area (Å²) in [6.07, 6.45) is 0. The molecule has 0 atom stereocenters. The third-order valence-electron chi connectivity index (χ3n) is 1.90. The van der Waals surface area contributed by atoms with Crippen molar-refractivity contribution >= 4 is 5.69 Å². The monoisotopic (exact) mass is 227 g/mol. The summed E-state index contributed by atoms with van der Waals surface area (Å²) in [6.45, 7) is 1.93. The van der Waals surface area contributed by atoms with Gasteiger partial charge in [0.1, 0.15) is 6.61 Å². The fraction of sp³-hybridized carbons (Fsp3) is 0.455. The van der Waals surface area contributed by atoms with Gasteiger partial charge in [0.2, 0.25) is 0 Å². The van der Waals surface area contributed by atoms with Crippen LogP contribution in [0.5, 0.6) is 11.5 Å².